The molecule has 2 nitrogen and oxygen atoms in total. The van der Waals surface area contributed by atoms with Gasteiger partial charge < -0.3 is 0 Å². The number of benzene rings is 1. The van der Waals surface area contributed by atoms with Crippen molar-refractivity contribution in [2.24, 2.45) is 0 Å². The first kappa shape index (κ1) is 11.4. The summed E-state index contributed by atoms with van der Waals surface area (Å²) in [6, 6.07) is 8.78. The Morgan fingerprint density at radius 3 is 2.93 bits per heavy atom. The van der Waals surface area contributed by atoms with Crippen molar-refractivity contribution in [2.75, 3.05) is 5.75 Å². The van der Waals surface area contributed by atoms with Gasteiger partial charge in [-0.3, -0.25) is 4.79 Å². The number of hydrogen-bond donors (Lipinski definition) is 1. The normalized spacial score (nSPS) is 8.53. The Kier molecular flexibility index (Phi) is 4.47. The topological polar surface area (TPSA) is 40.9 Å². The summed E-state index contributed by atoms with van der Waals surface area (Å²) in [5.41, 5.74) is 1.30. The highest BCUT2D eigenvalue weighted by molar-refractivity contribution is 7.80. The van der Waals surface area contributed by atoms with E-state index in [1.54, 1.807) is 18.2 Å². The van der Waals surface area contributed by atoms with Crippen LogP contribution in [0.3, 0.4) is 0 Å². The van der Waals surface area contributed by atoms with Crippen molar-refractivity contribution in [3.05, 3.63) is 35.4 Å². The molecule has 0 saturated heterocycles. The molecule has 0 heterocycles. The first-order chi connectivity index (χ1) is 7.27. The van der Waals surface area contributed by atoms with Gasteiger partial charge in [0.05, 0.1) is 18.2 Å². The number of carbonyl (C=O) groups is 1. The van der Waals surface area contributed by atoms with Crippen molar-refractivity contribution in [1.82, 2.24) is 0 Å². The maximum absolute atomic E-state index is 11.4. The number of ketones is 1. The van der Waals surface area contributed by atoms with Gasteiger partial charge in [-0.15, -0.1) is 0 Å². The Morgan fingerprint density at radius 1 is 1.47 bits per heavy atom. The zero-order valence-corrected chi connectivity index (χ0v) is 8.92. The highest BCUT2D eigenvalue weighted by atomic mass is 32.1. The Balaban J connectivity index is 2.93. The SMILES string of the molecule is N#CCC(=O)c1cccc(C#CCS)c1. The maximum atomic E-state index is 11.4. The van der Waals surface area contributed by atoms with E-state index in [9.17, 15) is 4.79 Å². The first-order valence-corrected chi connectivity index (χ1v) is 5.01. The van der Waals surface area contributed by atoms with Crippen molar-refractivity contribution in [1.29, 1.82) is 5.26 Å². The standard InChI is InChI=1S/C12H9NOS/c13-7-6-12(14)11-5-1-3-10(9-11)4-2-8-15/h1,3,5,9,15H,6,8H2. The Hall–Kier alpha value is -1.71. The molecule has 1 rings (SSSR count). The van der Waals surface area contributed by atoms with E-state index >= 15 is 0 Å². The van der Waals surface area contributed by atoms with Crippen LogP contribution in [0.4, 0.5) is 0 Å². The summed E-state index contributed by atoms with van der Waals surface area (Å²) in [5.74, 6) is 5.98. The summed E-state index contributed by atoms with van der Waals surface area (Å²) >= 11 is 3.97. The zero-order valence-electron chi connectivity index (χ0n) is 8.03. The van der Waals surface area contributed by atoms with E-state index in [2.05, 4.69) is 24.5 Å². The number of nitriles is 1. The molecule has 0 unspecified atom stereocenters. The lowest BCUT2D eigenvalue weighted by atomic mass is 10.1. The highest BCUT2D eigenvalue weighted by Gasteiger charge is 2.04. The summed E-state index contributed by atoms with van der Waals surface area (Å²) < 4.78 is 0. The molecule has 0 bridgehead atoms. The fourth-order valence-electron chi connectivity index (χ4n) is 1.09. The van der Waals surface area contributed by atoms with Crippen molar-refractivity contribution < 1.29 is 4.79 Å². The molecule has 1 aromatic carbocycles. The maximum Gasteiger partial charge on any atom is 0.176 e. The average molecular weight is 215 g/mol. The predicted molar refractivity (Wildman–Crippen MR) is 61.7 cm³/mol. The minimum absolute atomic E-state index is 0.0938. The van der Waals surface area contributed by atoms with Crippen LogP contribution < -0.4 is 0 Å². The fourth-order valence-corrected chi connectivity index (χ4v) is 1.16. The lowest BCUT2D eigenvalue weighted by molar-refractivity contribution is 0.0997. The van der Waals surface area contributed by atoms with Gasteiger partial charge in [0.25, 0.3) is 0 Å². The van der Waals surface area contributed by atoms with Crippen LogP contribution in [-0.4, -0.2) is 11.5 Å². The molecule has 0 aromatic heterocycles. The molecule has 0 aliphatic carbocycles. The third-order valence-electron chi connectivity index (χ3n) is 1.74. The van der Waals surface area contributed by atoms with Crippen molar-refractivity contribution in [3.8, 4) is 17.9 Å². The van der Waals surface area contributed by atoms with Crippen LogP contribution in [0.1, 0.15) is 22.3 Å². The average Bonchev–Trinajstić information content (AvgIpc) is 2.27. The van der Waals surface area contributed by atoms with Crippen LogP contribution >= 0.6 is 12.6 Å². The van der Waals surface area contributed by atoms with Crippen molar-refractivity contribution in [2.45, 2.75) is 6.42 Å². The van der Waals surface area contributed by atoms with Crippen molar-refractivity contribution in [3.63, 3.8) is 0 Å². The Bertz CT molecular complexity index is 462. The minimum Gasteiger partial charge on any atom is -0.293 e. The number of rotatable bonds is 2. The largest absolute Gasteiger partial charge is 0.293 e. The van der Waals surface area contributed by atoms with Gasteiger partial charge in [0.2, 0.25) is 0 Å². The lowest BCUT2D eigenvalue weighted by Crippen LogP contribution is -1.97. The summed E-state index contributed by atoms with van der Waals surface area (Å²) in [6.45, 7) is 0. The smallest absolute Gasteiger partial charge is 0.176 e. The van der Waals surface area contributed by atoms with Gasteiger partial charge in [-0.05, 0) is 12.1 Å². The number of Topliss-reactive ketones (excluding diaryl/α,β-unsaturated/α-hetero) is 1. The van der Waals surface area contributed by atoms with Gasteiger partial charge in [-0.25, -0.2) is 0 Å². The molecule has 0 aliphatic rings. The summed E-state index contributed by atoms with van der Waals surface area (Å²) in [4.78, 5) is 11.4. The molecule has 0 spiro atoms. The Morgan fingerprint density at radius 2 is 2.27 bits per heavy atom. The van der Waals surface area contributed by atoms with Gasteiger partial charge in [0.1, 0.15) is 0 Å². The zero-order chi connectivity index (χ0) is 11.1. The minimum atomic E-state index is -0.174. The Labute approximate surface area is 94.3 Å². The molecule has 0 amide bonds. The second-order valence-electron chi connectivity index (χ2n) is 2.80. The number of nitrogens with zero attached hydrogens (tertiary/aromatic N) is 1. The number of carbonyl (C=O) groups excluding carboxylic acids is 1. The summed E-state index contributed by atoms with van der Waals surface area (Å²) in [5, 5.41) is 8.40. The molecule has 3 heteroatoms. The lowest BCUT2D eigenvalue weighted by Gasteiger charge is -1.96. The van der Waals surface area contributed by atoms with E-state index in [1.165, 1.54) is 0 Å². The molecule has 0 atom stereocenters. The van der Waals surface area contributed by atoms with Gasteiger partial charge in [-0.2, -0.15) is 17.9 Å². The van der Waals surface area contributed by atoms with Crippen LogP contribution in [0.2, 0.25) is 0 Å². The second-order valence-corrected chi connectivity index (χ2v) is 3.11. The molecule has 0 aliphatic heterocycles. The molecule has 74 valence electrons. The van der Waals surface area contributed by atoms with Crippen LogP contribution in [0.5, 0.6) is 0 Å². The third kappa shape index (κ3) is 3.50. The van der Waals surface area contributed by atoms with Gasteiger partial charge >= 0.3 is 0 Å². The van der Waals surface area contributed by atoms with Crippen LogP contribution in [0, 0.1) is 23.2 Å². The van der Waals surface area contributed by atoms with Crippen LogP contribution in [0.25, 0.3) is 0 Å². The van der Waals surface area contributed by atoms with E-state index < -0.39 is 0 Å². The van der Waals surface area contributed by atoms with Gasteiger partial charge in [-0.1, -0.05) is 24.0 Å². The molecule has 0 saturated carbocycles. The van der Waals surface area contributed by atoms with E-state index in [0.717, 1.165) is 5.56 Å². The van der Waals surface area contributed by atoms with Crippen LogP contribution in [0.15, 0.2) is 24.3 Å². The second kappa shape index (κ2) is 5.90. The number of hydrogen-bond acceptors (Lipinski definition) is 3. The molecule has 0 radical (unpaired) electrons. The quantitative estimate of drug-likeness (QED) is 0.466. The van der Waals surface area contributed by atoms with Crippen molar-refractivity contribution >= 4 is 18.4 Å². The molecular formula is C12H9NOS. The summed E-state index contributed by atoms with van der Waals surface area (Å²) in [7, 11) is 0. The molecule has 0 fully saturated rings. The monoisotopic (exact) mass is 215 g/mol. The van der Waals surface area contributed by atoms with E-state index in [-0.39, 0.29) is 12.2 Å². The predicted octanol–water partition coefficient (Wildman–Crippen LogP) is 2.06. The van der Waals surface area contributed by atoms with Crippen LogP contribution in [-0.2, 0) is 0 Å². The van der Waals surface area contributed by atoms with E-state index in [4.69, 9.17) is 5.26 Å². The molecular weight excluding hydrogens is 206 g/mol. The molecule has 1 aromatic rings. The van der Waals surface area contributed by atoms with E-state index in [0.29, 0.717) is 11.3 Å². The first-order valence-electron chi connectivity index (χ1n) is 4.38. The molecule has 0 N–H and O–H groups in total. The number of thiol groups is 1. The van der Waals surface area contributed by atoms with Gasteiger partial charge in [0.15, 0.2) is 5.78 Å². The highest BCUT2D eigenvalue weighted by Crippen LogP contribution is 2.06. The van der Waals surface area contributed by atoms with E-state index in [1.807, 2.05) is 12.1 Å². The third-order valence-corrected chi connectivity index (χ3v) is 1.89. The fraction of sp³-hybridized carbons (Fsp3) is 0.167. The summed E-state index contributed by atoms with van der Waals surface area (Å²) in [6.07, 6.45) is -0.0938. The van der Waals surface area contributed by atoms with Gasteiger partial charge in [0, 0.05) is 11.1 Å². The molecule has 15 heavy (non-hydrogen) atoms.